The molecule has 0 amide bonds. The SMILES string of the molecule is Fc1ccc(C#CCc2ccccc2)cc1. The fourth-order valence-electron chi connectivity index (χ4n) is 1.38. The lowest BCUT2D eigenvalue weighted by atomic mass is 10.1. The van der Waals surface area contributed by atoms with Gasteiger partial charge in [-0.05, 0) is 29.8 Å². The Balaban J connectivity index is 2.03. The van der Waals surface area contributed by atoms with Crippen molar-refractivity contribution >= 4 is 0 Å². The van der Waals surface area contributed by atoms with Crippen molar-refractivity contribution < 1.29 is 4.39 Å². The van der Waals surface area contributed by atoms with Gasteiger partial charge in [-0.2, -0.15) is 0 Å². The number of hydrogen-bond acceptors (Lipinski definition) is 0. The van der Waals surface area contributed by atoms with Crippen molar-refractivity contribution in [2.45, 2.75) is 6.42 Å². The standard InChI is InChI=1S/C15H11F/c16-15-11-9-14(10-12-15)8-4-7-13-5-2-1-3-6-13/h1-3,5-6,9-12H,7H2. The maximum absolute atomic E-state index is 12.6. The zero-order chi connectivity index (χ0) is 11.2. The van der Waals surface area contributed by atoms with Gasteiger partial charge < -0.3 is 0 Å². The minimum absolute atomic E-state index is 0.228. The van der Waals surface area contributed by atoms with E-state index in [2.05, 4.69) is 11.8 Å². The average Bonchev–Trinajstić information content (AvgIpc) is 2.33. The van der Waals surface area contributed by atoms with Crippen LogP contribution in [0.15, 0.2) is 54.6 Å². The quantitative estimate of drug-likeness (QED) is 0.633. The Morgan fingerprint density at radius 2 is 1.56 bits per heavy atom. The zero-order valence-electron chi connectivity index (χ0n) is 8.78. The molecule has 2 aromatic carbocycles. The molecule has 0 heterocycles. The van der Waals surface area contributed by atoms with Crippen molar-refractivity contribution in [1.82, 2.24) is 0 Å². The van der Waals surface area contributed by atoms with E-state index >= 15 is 0 Å². The van der Waals surface area contributed by atoms with Crippen molar-refractivity contribution in [3.8, 4) is 11.8 Å². The summed E-state index contributed by atoms with van der Waals surface area (Å²) in [6, 6.07) is 16.3. The summed E-state index contributed by atoms with van der Waals surface area (Å²) in [5.41, 5.74) is 2.04. The van der Waals surface area contributed by atoms with Gasteiger partial charge in [0, 0.05) is 12.0 Å². The topological polar surface area (TPSA) is 0 Å². The lowest BCUT2D eigenvalue weighted by Crippen LogP contribution is -1.80. The molecule has 2 aromatic rings. The Hall–Kier alpha value is -2.07. The summed E-state index contributed by atoms with van der Waals surface area (Å²) in [5, 5.41) is 0. The van der Waals surface area contributed by atoms with Crippen LogP contribution in [0.25, 0.3) is 0 Å². The Morgan fingerprint density at radius 3 is 2.25 bits per heavy atom. The molecule has 0 saturated carbocycles. The van der Waals surface area contributed by atoms with Crippen LogP contribution >= 0.6 is 0 Å². The second kappa shape index (κ2) is 5.14. The summed E-state index contributed by atoms with van der Waals surface area (Å²) in [5.74, 6) is 5.84. The first kappa shape index (κ1) is 10.4. The maximum atomic E-state index is 12.6. The van der Waals surface area contributed by atoms with Crippen LogP contribution in [-0.2, 0) is 6.42 Å². The average molecular weight is 210 g/mol. The molecule has 0 aliphatic rings. The highest BCUT2D eigenvalue weighted by Crippen LogP contribution is 2.02. The molecule has 0 saturated heterocycles. The zero-order valence-corrected chi connectivity index (χ0v) is 8.78. The van der Waals surface area contributed by atoms with E-state index in [0.717, 1.165) is 12.0 Å². The second-order valence-corrected chi connectivity index (χ2v) is 3.47. The van der Waals surface area contributed by atoms with Gasteiger partial charge in [-0.3, -0.25) is 0 Å². The number of hydrogen-bond donors (Lipinski definition) is 0. The summed E-state index contributed by atoms with van der Waals surface area (Å²) < 4.78 is 12.6. The molecule has 0 aliphatic carbocycles. The van der Waals surface area contributed by atoms with Crippen molar-refractivity contribution in [1.29, 1.82) is 0 Å². The minimum atomic E-state index is -0.228. The van der Waals surface area contributed by atoms with E-state index in [9.17, 15) is 4.39 Å². The number of rotatable bonds is 1. The molecular weight excluding hydrogens is 199 g/mol. The fourth-order valence-corrected chi connectivity index (χ4v) is 1.38. The van der Waals surface area contributed by atoms with Crippen LogP contribution in [0.3, 0.4) is 0 Å². The van der Waals surface area contributed by atoms with Gasteiger partial charge >= 0.3 is 0 Å². The van der Waals surface area contributed by atoms with E-state index in [1.165, 1.54) is 17.7 Å². The summed E-state index contributed by atoms with van der Waals surface area (Å²) in [6.07, 6.45) is 0.720. The minimum Gasteiger partial charge on any atom is -0.207 e. The third-order valence-corrected chi connectivity index (χ3v) is 2.21. The van der Waals surface area contributed by atoms with Gasteiger partial charge in [0.1, 0.15) is 5.82 Å². The highest BCUT2D eigenvalue weighted by Gasteiger charge is 1.89. The van der Waals surface area contributed by atoms with Crippen LogP contribution in [0.1, 0.15) is 11.1 Å². The van der Waals surface area contributed by atoms with E-state index in [4.69, 9.17) is 0 Å². The van der Waals surface area contributed by atoms with Crippen molar-refractivity contribution in [2.24, 2.45) is 0 Å². The first-order valence-corrected chi connectivity index (χ1v) is 5.13. The summed E-state index contributed by atoms with van der Waals surface area (Å²) >= 11 is 0. The van der Waals surface area contributed by atoms with E-state index in [-0.39, 0.29) is 5.82 Å². The third-order valence-electron chi connectivity index (χ3n) is 2.21. The van der Waals surface area contributed by atoms with E-state index in [0.29, 0.717) is 0 Å². The largest absolute Gasteiger partial charge is 0.207 e. The molecular formula is C15H11F. The fraction of sp³-hybridized carbons (Fsp3) is 0.0667. The van der Waals surface area contributed by atoms with Crippen molar-refractivity contribution in [2.75, 3.05) is 0 Å². The Labute approximate surface area is 94.7 Å². The molecule has 0 spiro atoms. The van der Waals surface area contributed by atoms with Crippen LogP contribution in [0.5, 0.6) is 0 Å². The van der Waals surface area contributed by atoms with Crippen LogP contribution in [0.4, 0.5) is 4.39 Å². The molecule has 78 valence electrons. The molecule has 0 atom stereocenters. The van der Waals surface area contributed by atoms with E-state index < -0.39 is 0 Å². The lowest BCUT2D eigenvalue weighted by Gasteiger charge is -1.92. The van der Waals surface area contributed by atoms with E-state index in [1.807, 2.05) is 30.3 Å². The molecule has 0 aliphatic heterocycles. The van der Waals surface area contributed by atoms with Crippen LogP contribution < -0.4 is 0 Å². The predicted octanol–water partition coefficient (Wildman–Crippen LogP) is 3.42. The number of benzene rings is 2. The Morgan fingerprint density at radius 1 is 0.875 bits per heavy atom. The lowest BCUT2D eigenvalue weighted by molar-refractivity contribution is 0.627. The Kier molecular flexibility index (Phi) is 3.35. The number of halogens is 1. The van der Waals surface area contributed by atoms with Crippen LogP contribution in [-0.4, -0.2) is 0 Å². The smallest absolute Gasteiger partial charge is 0.123 e. The second-order valence-electron chi connectivity index (χ2n) is 3.47. The summed E-state index contributed by atoms with van der Waals surface area (Å²) in [4.78, 5) is 0. The molecule has 16 heavy (non-hydrogen) atoms. The molecule has 0 nitrogen and oxygen atoms in total. The summed E-state index contributed by atoms with van der Waals surface area (Å²) in [7, 11) is 0. The van der Waals surface area contributed by atoms with Gasteiger partial charge in [0.05, 0.1) is 0 Å². The van der Waals surface area contributed by atoms with Gasteiger partial charge in [0.25, 0.3) is 0 Å². The monoisotopic (exact) mass is 210 g/mol. The van der Waals surface area contributed by atoms with Crippen LogP contribution in [0.2, 0.25) is 0 Å². The molecule has 0 unspecified atom stereocenters. The van der Waals surface area contributed by atoms with E-state index in [1.54, 1.807) is 12.1 Å². The highest BCUT2D eigenvalue weighted by atomic mass is 19.1. The molecule has 0 aromatic heterocycles. The van der Waals surface area contributed by atoms with Crippen molar-refractivity contribution in [3.05, 3.63) is 71.5 Å². The van der Waals surface area contributed by atoms with Gasteiger partial charge in [0.15, 0.2) is 0 Å². The molecule has 0 fully saturated rings. The molecule has 0 N–H and O–H groups in total. The maximum Gasteiger partial charge on any atom is 0.123 e. The third kappa shape index (κ3) is 2.96. The molecule has 1 heteroatoms. The molecule has 2 rings (SSSR count). The molecule has 0 radical (unpaired) electrons. The first-order valence-electron chi connectivity index (χ1n) is 5.13. The van der Waals surface area contributed by atoms with Crippen LogP contribution in [0, 0.1) is 17.7 Å². The normalized spacial score (nSPS) is 9.31. The van der Waals surface area contributed by atoms with Gasteiger partial charge in [-0.15, -0.1) is 0 Å². The van der Waals surface area contributed by atoms with Crippen molar-refractivity contribution in [3.63, 3.8) is 0 Å². The van der Waals surface area contributed by atoms with Gasteiger partial charge in [-0.25, -0.2) is 4.39 Å². The highest BCUT2D eigenvalue weighted by molar-refractivity contribution is 5.35. The summed E-state index contributed by atoms with van der Waals surface area (Å²) in [6.45, 7) is 0. The molecule has 0 bridgehead atoms. The van der Waals surface area contributed by atoms with Gasteiger partial charge in [-0.1, -0.05) is 42.2 Å². The predicted molar refractivity (Wildman–Crippen MR) is 63.4 cm³/mol. The van der Waals surface area contributed by atoms with Gasteiger partial charge in [0.2, 0.25) is 0 Å². The Bertz CT molecular complexity index is 501. The first-order chi connectivity index (χ1) is 7.84.